The summed E-state index contributed by atoms with van der Waals surface area (Å²) in [5, 5.41) is 2.85. The molecule has 0 bridgehead atoms. The van der Waals surface area contributed by atoms with Crippen molar-refractivity contribution in [3.8, 4) is 5.88 Å². The topological polar surface area (TPSA) is 86.5 Å². The van der Waals surface area contributed by atoms with Crippen LogP contribution in [0.3, 0.4) is 0 Å². The predicted octanol–water partition coefficient (Wildman–Crippen LogP) is 0.214. The van der Waals surface area contributed by atoms with Gasteiger partial charge in [0.05, 0.1) is 12.6 Å². The summed E-state index contributed by atoms with van der Waals surface area (Å²) < 4.78 is 10.2. The van der Waals surface area contributed by atoms with Gasteiger partial charge < -0.3 is 20.5 Å². The Morgan fingerprint density at radius 3 is 2.84 bits per heavy atom. The Labute approximate surface area is 112 Å². The van der Waals surface area contributed by atoms with Gasteiger partial charge in [0.25, 0.3) is 0 Å². The van der Waals surface area contributed by atoms with Crippen LogP contribution < -0.4 is 15.8 Å². The molecule has 1 aliphatic rings. The van der Waals surface area contributed by atoms with Gasteiger partial charge in [0, 0.05) is 32.0 Å². The van der Waals surface area contributed by atoms with Crippen molar-refractivity contribution in [1.82, 2.24) is 10.3 Å². The van der Waals surface area contributed by atoms with Gasteiger partial charge in [0.1, 0.15) is 0 Å². The fourth-order valence-electron chi connectivity index (χ4n) is 1.96. The van der Waals surface area contributed by atoms with Crippen LogP contribution in [0, 0.1) is 0 Å². The van der Waals surface area contributed by atoms with E-state index in [1.54, 1.807) is 19.4 Å². The smallest absolute Gasteiger partial charge is 0.240 e. The number of rotatable bonds is 4. The maximum Gasteiger partial charge on any atom is 0.240 e. The van der Waals surface area contributed by atoms with E-state index in [1.165, 1.54) is 0 Å². The molecule has 0 unspecified atom stereocenters. The number of nitrogens with zero attached hydrogens (tertiary/aromatic N) is 1. The summed E-state index contributed by atoms with van der Waals surface area (Å²) in [6.07, 6.45) is 2.78. The molecule has 0 saturated carbocycles. The second-order valence-corrected chi connectivity index (χ2v) is 4.66. The molecule has 19 heavy (non-hydrogen) atoms. The summed E-state index contributed by atoms with van der Waals surface area (Å²) in [7, 11) is 1.56. The van der Waals surface area contributed by atoms with Crippen molar-refractivity contribution in [3.05, 3.63) is 23.9 Å². The number of aromatic nitrogens is 1. The highest BCUT2D eigenvalue weighted by atomic mass is 16.5. The summed E-state index contributed by atoms with van der Waals surface area (Å²) in [5.41, 5.74) is 6.18. The van der Waals surface area contributed by atoms with Crippen molar-refractivity contribution < 1.29 is 14.3 Å². The molecule has 2 heterocycles. The van der Waals surface area contributed by atoms with Gasteiger partial charge in [-0.25, -0.2) is 4.98 Å². The molecule has 0 spiro atoms. The average Bonchev–Trinajstić information content (AvgIpc) is 2.46. The summed E-state index contributed by atoms with van der Waals surface area (Å²) >= 11 is 0. The van der Waals surface area contributed by atoms with E-state index >= 15 is 0 Å². The SMILES string of the molecule is COc1ccc(CNC(=O)C2(N)CCOCC2)cn1. The molecule has 0 atom stereocenters. The molecule has 1 amide bonds. The fourth-order valence-corrected chi connectivity index (χ4v) is 1.96. The first-order valence-electron chi connectivity index (χ1n) is 6.28. The van der Waals surface area contributed by atoms with Gasteiger partial charge in [0.2, 0.25) is 11.8 Å². The first-order valence-corrected chi connectivity index (χ1v) is 6.28. The maximum atomic E-state index is 12.1. The van der Waals surface area contributed by atoms with Crippen LogP contribution in [-0.2, 0) is 16.1 Å². The first-order chi connectivity index (χ1) is 9.14. The number of hydrogen-bond acceptors (Lipinski definition) is 5. The van der Waals surface area contributed by atoms with Crippen LogP contribution in [0.25, 0.3) is 0 Å². The second kappa shape index (κ2) is 5.99. The Hall–Kier alpha value is -1.66. The van der Waals surface area contributed by atoms with E-state index in [-0.39, 0.29) is 5.91 Å². The van der Waals surface area contributed by atoms with Gasteiger partial charge >= 0.3 is 0 Å². The molecular weight excluding hydrogens is 246 g/mol. The van der Waals surface area contributed by atoms with Crippen molar-refractivity contribution in [2.45, 2.75) is 24.9 Å². The zero-order chi connectivity index (χ0) is 13.7. The normalized spacial score (nSPS) is 17.8. The van der Waals surface area contributed by atoms with Crippen LogP contribution in [0.1, 0.15) is 18.4 Å². The highest BCUT2D eigenvalue weighted by molar-refractivity contribution is 5.86. The van der Waals surface area contributed by atoms with Crippen LogP contribution in [0.4, 0.5) is 0 Å². The van der Waals surface area contributed by atoms with Gasteiger partial charge in [-0.2, -0.15) is 0 Å². The van der Waals surface area contributed by atoms with E-state index in [4.69, 9.17) is 15.2 Å². The number of ether oxygens (including phenoxy) is 2. The lowest BCUT2D eigenvalue weighted by molar-refractivity contribution is -0.129. The number of hydrogen-bond donors (Lipinski definition) is 2. The molecule has 0 aliphatic carbocycles. The molecule has 0 aromatic carbocycles. The van der Waals surface area contributed by atoms with Crippen molar-refractivity contribution in [3.63, 3.8) is 0 Å². The molecule has 2 rings (SSSR count). The van der Waals surface area contributed by atoms with Crippen LogP contribution in [0.2, 0.25) is 0 Å². The fraction of sp³-hybridized carbons (Fsp3) is 0.538. The molecule has 6 nitrogen and oxygen atoms in total. The number of nitrogens with two attached hydrogens (primary N) is 1. The number of carbonyl (C=O) groups excluding carboxylic acids is 1. The molecule has 1 fully saturated rings. The van der Waals surface area contributed by atoms with E-state index < -0.39 is 5.54 Å². The zero-order valence-electron chi connectivity index (χ0n) is 11.0. The molecule has 6 heteroatoms. The predicted molar refractivity (Wildman–Crippen MR) is 69.6 cm³/mol. The van der Waals surface area contributed by atoms with Crippen LogP contribution in [0.5, 0.6) is 5.88 Å². The standard InChI is InChI=1S/C13H19N3O3/c1-18-11-3-2-10(8-15-11)9-16-12(17)13(14)4-6-19-7-5-13/h2-3,8H,4-7,9,14H2,1H3,(H,16,17). The Bertz CT molecular complexity index is 427. The average molecular weight is 265 g/mol. The minimum absolute atomic E-state index is 0.133. The second-order valence-electron chi connectivity index (χ2n) is 4.66. The zero-order valence-corrected chi connectivity index (χ0v) is 11.0. The number of nitrogens with one attached hydrogen (secondary N) is 1. The largest absolute Gasteiger partial charge is 0.481 e. The monoisotopic (exact) mass is 265 g/mol. The summed E-state index contributed by atoms with van der Waals surface area (Å²) in [6.45, 7) is 1.48. The van der Waals surface area contributed by atoms with Gasteiger partial charge in [-0.3, -0.25) is 4.79 Å². The lowest BCUT2D eigenvalue weighted by atomic mass is 9.90. The molecule has 1 aromatic heterocycles. The van der Waals surface area contributed by atoms with E-state index in [2.05, 4.69) is 10.3 Å². The van der Waals surface area contributed by atoms with E-state index in [0.29, 0.717) is 38.5 Å². The lowest BCUT2D eigenvalue weighted by Gasteiger charge is -2.31. The Morgan fingerprint density at radius 1 is 1.53 bits per heavy atom. The third-order valence-corrected chi connectivity index (χ3v) is 3.30. The Morgan fingerprint density at radius 2 is 2.26 bits per heavy atom. The van der Waals surface area contributed by atoms with E-state index in [1.807, 2.05) is 6.07 Å². The lowest BCUT2D eigenvalue weighted by Crippen LogP contribution is -2.56. The number of methoxy groups -OCH3 is 1. The number of amides is 1. The van der Waals surface area contributed by atoms with E-state index in [9.17, 15) is 4.79 Å². The summed E-state index contributed by atoms with van der Waals surface area (Å²) in [6, 6.07) is 3.62. The quantitative estimate of drug-likeness (QED) is 0.813. The molecule has 104 valence electrons. The Kier molecular flexibility index (Phi) is 4.34. The van der Waals surface area contributed by atoms with Crippen molar-refractivity contribution >= 4 is 5.91 Å². The molecule has 1 saturated heterocycles. The molecule has 1 aliphatic heterocycles. The Balaban J connectivity index is 1.88. The minimum atomic E-state index is -0.807. The van der Waals surface area contributed by atoms with Crippen molar-refractivity contribution in [2.75, 3.05) is 20.3 Å². The number of pyridine rings is 1. The van der Waals surface area contributed by atoms with Gasteiger partial charge in [-0.1, -0.05) is 6.07 Å². The highest BCUT2D eigenvalue weighted by Gasteiger charge is 2.35. The van der Waals surface area contributed by atoms with Gasteiger partial charge in [-0.15, -0.1) is 0 Å². The molecular formula is C13H19N3O3. The van der Waals surface area contributed by atoms with Crippen molar-refractivity contribution in [2.24, 2.45) is 5.73 Å². The number of carbonyl (C=O) groups is 1. The third kappa shape index (κ3) is 3.42. The molecule has 3 N–H and O–H groups in total. The summed E-state index contributed by atoms with van der Waals surface area (Å²) in [4.78, 5) is 16.2. The van der Waals surface area contributed by atoms with Crippen LogP contribution in [-0.4, -0.2) is 36.8 Å². The molecule has 0 radical (unpaired) electrons. The summed E-state index contributed by atoms with van der Waals surface area (Å²) in [5.74, 6) is 0.418. The van der Waals surface area contributed by atoms with Gasteiger partial charge in [-0.05, 0) is 18.4 Å². The van der Waals surface area contributed by atoms with Crippen molar-refractivity contribution in [1.29, 1.82) is 0 Å². The van der Waals surface area contributed by atoms with E-state index in [0.717, 1.165) is 5.56 Å². The maximum absolute atomic E-state index is 12.1. The third-order valence-electron chi connectivity index (χ3n) is 3.30. The van der Waals surface area contributed by atoms with Crippen LogP contribution in [0.15, 0.2) is 18.3 Å². The first kappa shape index (κ1) is 13.8. The van der Waals surface area contributed by atoms with Crippen LogP contribution >= 0.6 is 0 Å². The molecule has 1 aromatic rings. The highest BCUT2D eigenvalue weighted by Crippen LogP contribution is 2.18. The van der Waals surface area contributed by atoms with Gasteiger partial charge in [0.15, 0.2) is 0 Å². The minimum Gasteiger partial charge on any atom is -0.481 e.